The minimum Gasteiger partial charge on any atom is -0.493 e. The third-order valence-electron chi connectivity index (χ3n) is 7.94. The van der Waals surface area contributed by atoms with E-state index in [0.717, 1.165) is 31.9 Å². The lowest BCUT2D eigenvalue weighted by Crippen LogP contribution is -2.43. The number of alkyl halides is 2. The van der Waals surface area contributed by atoms with Crippen molar-refractivity contribution in [1.82, 2.24) is 5.32 Å². The number of nitrogens with two attached hydrogens (primary N) is 1. The summed E-state index contributed by atoms with van der Waals surface area (Å²) < 4.78 is 44.8. The Kier molecular flexibility index (Phi) is 14.3. The molecule has 1 aromatic carbocycles. The summed E-state index contributed by atoms with van der Waals surface area (Å²) in [7, 11) is 1.59. The normalized spacial score (nSPS) is 19.1. The van der Waals surface area contributed by atoms with Crippen LogP contribution < -0.4 is 15.8 Å². The van der Waals surface area contributed by atoms with E-state index >= 15 is 0 Å². The first-order chi connectivity index (χ1) is 18.8. The molecule has 0 bridgehead atoms. The number of aliphatic hydroxyl groups excluding tert-OH is 1. The smallest absolute Gasteiger partial charge is 0.274 e. The van der Waals surface area contributed by atoms with Gasteiger partial charge in [0.2, 0.25) is 5.91 Å². The van der Waals surface area contributed by atoms with Crippen molar-refractivity contribution in [3.05, 3.63) is 29.3 Å². The second-order valence-corrected chi connectivity index (χ2v) is 12.1. The molecule has 1 amide bonds. The summed E-state index contributed by atoms with van der Waals surface area (Å²) in [6, 6.07) is 4.34. The Labute approximate surface area is 239 Å². The highest BCUT2D eigenvalue weighted by Crippen LogP contribution is 2.36. The molecule has 9 heteroatoms. The van der Waals surface area contributed by atoms with Gasteiger partial charge in [-0.3, -0.25) is 4.79 Å². The summed E-state index contributed by atoms with van der Waals surface area (Å²) in [4.78, 5) is 12.9. The molecular weight excluding hydrogens is 518 g/mol. The van der Waals surface area contributed by atoms with Gasteiger partial charge in [-0.15, -0.1) is 0 Å². The zero-order valence-corrected chi connectivity index (χ0v) is 25.3. The van der Waals surface area contributed by atoms with Crippen LogP contribution in [0.15, 0.2) is 18.2 Å². The fourth-order valence-electron chi connectivity index (χ4n) is 5.23. The van der Waals surface area contributed by atoms with Gasteiger partial charge in [-0.25, -0.2) is 8.78 Å². The standard InChI is InChI=1S/C31H52F2N2O5/c1-20(2)23(15-22-10-11-26(31(5,32)33)29(16-22)40-14-8-12-38-6)17-27(34)28(36)18-25(21(3)4)30(37)35-19-24-9-7-13-39-24/h10-11,16,20-21,23-25,27-28,36H,7-9,12-15,17-19,34H2,1-6H3,(H,35,37)/t23?,24-,25?,27?,28?/m0/s1. The lowest BCUT2D eigenvalue weighted by atomic mass is 9.80. The van der Waals surface area contributed by atoms with Gasteiger partial charge in [0.15, 0.2) is 0 Å². The van der Waals surface area contributed by atoms with Gasteiger partial charge in [-0.2, -0.15) is 0 Å². The van der Waals surface area contributed by atoms with Crippen molar-refractivity contribution in [3.63, 3.8) is 0 Å². The van der Waals surface area contributed by atoms with Gasteiger partial charge < -0.3 is 30.4 Å². The zero-order valence-electron chi connectivity index (χ0n) is 25.3. The third kappa shape index (κ3) is 11.2. The molecule has 0 spiro atoms. The van der Waals surface area contributed by atoms with Crippen LogP contribution in [0.25, 0.3) is 0 Å². The molecule has 4 unspecified atom stereocenters. The van der Waals surface area contributed by atoms with E-state index < -0.39 is 18.1 Å². The van der Waals surface area contributed by atoms with E-state index in [1.165, 1.54) is 6.07 Å². The maximum absolute atomic E-state index is 14.2. The highest BCUT2D eigenvalue weighted by molar-refractivity contribution is 5.78. The molecule has 1 heterocycles. The highest BCUT2D eigenvalue weighted by Gasteiger charge is 2.32. The predicted octanol–water partition coefficient (Wildman–Crippen LogP) is 5.06. The second-order valence-electron chi connectivity index (χ2n) is 12.1. The molecule has 1 fully saturated rings. The minimum atomic E-state index is -3.03. The Morgan fingerprint density at radius 2 is 1.93 bits per heavy atom. The molecule has 1 aliphatic rings. The van der Waals surface area contributed by atoms with E-state index in [9.17, 15) is 18.7 Å². The van der Waals surface area contributed by atoms with E-state index in [1.807, 2.05) is 13.8 Å². The molecule has 0 aromatic heterocycles. The topological polar surface area (TPSA) is 103 Å². The average Bonchev–Trinajstić information content (AvgIpc) is 3.40. The number of benzene rings is 1. The lowest BCUT2D eigenvalue weighted by molar-refractivity contribution is -0.128. The van der Waals surface area contributed by atoms with Crippen LogP contribution in [0.1, 0.15) is 77.8 Å². The molecule has 0 aliphatic carbocycles. The molecular formula is C31H52F2N2O5. The number of aliphatic hydroxyl groups is 1. The molecule has 230 valence electrons. The van der Waals surface area contributed by atoms with E-state index in [1.54, 1.807) is 19.2 Å². The Bertz CT molecular complexity index is 887. The van der Waals surface area contributed by atoms with Gasteiger partial charge in [-0.1, -0.05) is 33.8 Å². The molecule has 40 heavy (non-hydrogen) atoms. The van der Waals surface area contributed by atoms with Crippen molar-refractivity contribution < 1.29 is 32.9 Å². The molecule has 0 radical (unpaired) electrons. The van der Waals surface area contributed by atoms with Crippen LogP contribution >= 0.6 is 0 Å². The van der Waals surface area contributed by atoms with Crippen LogP contribution in [0.2, 0.25) is 0 Å². The Morgan fingerprint density at radius 1 is 1.20 bits per heavy atom. The fraction of sp³-hybridized carbons (Fsp3) is 0.774. The second kappa shape index (κ2) is 16.6. The number of ether oxygens (including phenoxy) is 3. The maximum atomic E-state index is 14.2. The van der Waals surface area contributed by atoms with Crippen molar-refractivity contribution in [1.29, 1.82) is 0 Å². The fourth-order valence-corrected chi connectivity index (χ4v) is 5.23. The summed E-state index contributed by atoms with van der Waals surface area (Å²) in [5, 5.41) is 14.0. The van der Waals surface area contributed by atoms with E-state index in [0.29, 0.717) is 32.4 Å². The van der Waals surface area contributed by atoms with Gasteiger partial charge in [0, 0.05) is 52.2 Å². The highest BCUT2D eigenvalue weighted by atomic mass is 19.3. The van der Waals surface area contributed by atoms with Crippen molar-refractivity contribution in [2.75, 3.05) is 33.5 Å². The lowest BCUT2D eigenvalue weighted by Gasteiger charge is -2.30. The number of hydrogen-bond acceptors (Lipinski definition) is 6. The molecule has 1 aromatic rings. The van der Waals surface area contributed by atoms with Gasteiger partial charge in [0.25, 0.3) is 5.92 Å². The summed E-state index contributed by atoms with van der Waals surface area (Å²) >= 11 is 0. The number of amides is 1. The van der Waals surface area contributed by atoms with Crippen LogP contribution in [0.5, 0.6) is 5.75 Å². The number of halogens is 2. The first-order valence-corrected chi connectivity index (χ1v) is 14.8. The van der Waals surface area contributed by atoms with Gasteiger partial charge in [-0.05, 0) is 67.6 Å². The van der Waals surface area contributed by atoms with Gasteiger partial charge in [0.1, 0.15) is 5.75 Å². The summed E-state index contributed by atoms with van der Waals surface area (Å²) in [6.45, 7) is 11.0. The van der Waals surface area contributed by atoms with Gasteiger partial charge in [0.05, 0.1) is 24.4 Å². The van der Waals surface area contributed by atoms with Crippen molar-refractivity contribution in [2.45, 2.75) is 97.3 Å². The quantitative estimate of drug-likeness (QED) is 0.213. The van der Waals surface area contributed by atoms with Crippen LogP contribution in [-0.4, -0.2) is 62.7 Å². The number of rotatable bonds is 18. The Morgan fingerprint density at radius 3 is 2.50 bits per heavy atom. The first-order valence-electron chi connectivity index (χ1n) is 14.8. The van der Waals surface area contributed by atoms with Gasteiger partial charge >= 0.3 is 0 Å². The molecule has 0 saturated carbocycles. The van der Waals surface area contributed by atoms with Crippen molar-refractivity contribution in [2.24, 2.45) is 29.4 Å². The van der Waals surface area contributed by atoms with E-state index in [-0.39, 0.29) is 60.0 Å². The SMILES string of the molecule is COCCCOc1cc(CC(CC(N)C(O)CC(C(=O)NC[C@@H]2CCCO2)C(C)C)C(C)C)ccc1C(C)(F)F. The van der Waals surface area contributed by atoms with E-state index in [4.69, 9.17) is 19.9 Å². The molecule has 1 saturated heterocycles. The molecule has 4 N–H and O–H groups in total. The number of methoxy groups -OCH3 is 1. The van der Waals surface area contributed by atoms with Crippen LogP contribution in [0.3, 0.4) is 0 Å². The summed E-state index contributed by atoms with van der Waals surface area (Å²) in [6.07, 6.45) is 3.20. The predicted molar refractivity (Wildman–Crippen MR) is 154 cm³/mol. The van der Waals surface area contributed by atoms with Crippen LogP contribution in [0.4, 0.5) is 8.78 Å². The Hall–Kier alpha value is -1.81. The first kappa shape index (κ1) is 34.4. The number of carbonyl (C=O) groups is 1. The van der Waals surface area contributed by atoms with Crippen molar-refractivity contribution in [3.8, 4) is 5.75 Å². The molecule has 1 aliphatic heterocycles. The zero-order chi connectivity index (χ0) is 29.9. The van der Waals surface area contributed by atoms with Crippen LogP contribution in [-0.2, 0) is 26.6 Å². The van der Waals surface area contributed by atoms with Crippen molar-refractivity contribution >= 4 is 5.91 Å². The minimum absolute atomic E-state index is 0.0461. The molecule has 2 rings (SSSR count). The third-order valence-corrected chi connectivity index (χ3v) is 7.94. The number of nitrogens with one attached hydrogen (secondary N) is 1. The average molecular weight is 571 g/mol. The molecule has 7 nitrogen and oxygen atoms in total. The van der Waals surface area contributed by atoms with Crippen LogP contribution in [0, 0.1) is 23.7 Å². The molecule has 5 atom stereocenters. The summed E-state index contributed by atoms with van der Waals surface area (Å²) in [5.41, 5.74) is 7.24. The van der Waals surface area contributed by atoms with E-state index in [2.05, 4.69) is 19.2 Å². The number of hydrogen-bond donors (Lipinski definition) is 3. The maximum Gasteiger partial charge on any atom is 0.274 e. The largest absolute Gasteiger partial charge is 0.493 e. The Balaban J connectivity index is 2.04. The summed E-state index contributed by atoms with van der Waals surface area (Å²) in [5.74, 6) is -2.89. The number of carbonyl (C=O) groups excluding carboxylic acids is 1. The monoisotopic (exact) mass is 570 g/mol.